The molecular weight excluding hydrogens is 651 g/mol. The monoisotopic (exact) mass is 695 g/mol. The summed E-state index contributed by atoms with van der Waals surface area (Å²) in [5, 5.41) is 0. The summed E-state index contributed by atoms with van der Waals surface area (Å²) < 4.78 is 0. The fraction of sp³-hybridized carbons (Fsp3) is 0.113. The van der Waals surface area contributed by atoms with Crippen LogP contribution in [0.15, 0.2) is 206 Å². The fourth-order valence-corrected chi connectivity index (χ4v) is 9.79. The molecule has 0 bridgehead atoms. The van der Waals surface area contributed by atoms with Crippen LogP contribution in [0.4, 0.5) is 0 Å². The van der Waals surface area contributed by atoms with E-state index in [0.717, 1.165) is 5.56 Å². The van der Waals surface area contributed by atoms with Crippen LogP contribution >= 0.6 is 0 Å². The topological polar surface area (TPSA) is 12.9 Å². The van der Waals surface area contributed by atoms with Crippen LogP contribution in [0.5, 0.6) is 0 Å². The molecule has 3 aliphatic carbocycles. The second-order valence-corrected chi connectivity index (χ2v) is 14.0. The molecule has 5 aromatic rings. The van der Waals surface area contributed by atoms with Gasteiger partial charge in [-0.15, -0.1) is 0 Å². The van der Waals surface area contributed by atoms with E-state index in [2.05, 4.69) is 192 Å². The zero-order valence-corrected chi connectivity index (χ0v) is 31.6. The quantitative estimate of drug-likeness (QED) is 0.147. The van der Waals surface area contributed by atoms with E-state index in [1.807, 2.05) is 30.6 Å². The third kappa shape index (κ3) is 4.68. The van der Waals surface area contributed by atoms with Gasteiger partial charge in [-0.1, -0.05) is 165 Å². The van der Waals surface area contributed by atoms with E-state index in [0.29, 0.717) is 0 Å². The van der Waals surface area contributed by atoms with Gasteiger partial charge in [-0.25, -0.2) is 0 Å². The molecule has 1 nitrogen and oxygen atoms in total. The maximum absolute atomic E-state index is 4.67. The molecule has 4 aromatic carbocycles. The van der Waals surface area contributed by atoms with Crippen molar-refractivity contribution in [3.05, 3.63) is 245 Å². The van der Waals surface area contributed by atoms with Gasteiger partial charge in [0, 0.05) is 12.4 Å². The van der Waals surface area contributed by atoms with Crippen molar-refractivity contribution >= 4 is 11.1 Å². The Morgan fingerprint density at radius 2 is 1.41 bits per heavy atom. The van der Waals surface area contributed by atoms with Crippen LogP contribution in [0, 0.1) is 0 Å². The van der Waals surface area contributed by atoms with Crippen molar-refractivity contribution in [2.75, 3.05) is 0 Å². The fourth-order valence-electron chi connectivity index (χ4n) is 9.79. The minimum atomic E-state index is -0.562. The second kappa shape index (κ2) is 13.9. The van der Waals surface area contributed by atoms with E-state index >= 15 is 0 Å². The normalized spacial score (nSPS) is 21.5. The van der Waals surface area contributed by atoms with Crippen LogP contribution in [0.2, 0.25) is 0 Å². The molecule has 8 rings (SSSR count). The number of rotatable bonds is 8. The largest absolute Gasteiger partial charge is 0.264 e. The molecule has 1 heterocycles. The molecule has 0 N–H and O–H groups in total. The lowest BCUT2D eigenvalue weighted by molar-refractivity contribution is 0.759. The smallest absolute Gasteiger partial charge is 0.0725 e. The molecule has 0 saturated heterocycles. The third-order valence-corrected chi connectivity index (χ3v) is 11.6. The van der Waals surface area contributed by atoms with E-state index < -0.39 is 10.8 Å². The van der Waals surface area contributed by atoms with Crippen LogP contribution in [0.3, 0.4) is 0 Å². The summed E-state index contributed by atoms with van der Waals surface area (Å²) >= 11 is 0. The maximum Gasteiger partial charge on any atom is 0.0725 e. The van der Waals surface area contributed by atoms with Gasteiger partial charge in [0.05, 0.1) is 10.8 Å². The van der Waals surface area contributed by atoms with Gasteiger partial charge < -0.3 is 0 Å². The van der Waals surface area contributed by atoms with E-state index in [-0.39, 0.29) is 0 Å². The molecule has 1 spiro atoms. The van der Waals surface area contributed by atoms with Gasteiger partial charge in [0.15, 0.2) is 0 Å². The number of benzene rings is 4. The number of nitrogens with zero attached hydrogens (tertiary/aromatic N) is 1. The van der Waals surface area contributed by atoms with Crippen molar-refractivity contribution in [3.8, 4) is 22.3 Å². The Hall–Kier alpha value is -6.31. The first kappa shape index (κ1) is 34.8. The van der Waals surface area contributed by atoms with Crippen molar-refractivity contribution < 1.29 is 0 Å². The van der Waals surface area contributed by atoms with Crippen molar-refractivity contribution in [1.29, 1.82) is 0 Å². The van der Waals surface area contributed by atoms with E-state index in [4.69, 9.17) is 0 Å². The Morgan fingerprint density at radius 3 is 2.11 bits per heavy atom. The molecule has 54 heavy (non-hydrogen) atoms. The van der Waals surface area contributed by atoms with Gasteiger partial charge in [-0.05, 0) is 129 Å². The molecule has 2 atom stereocenters. The number of hydrogen-bond acceptors (Lipinski definition) is 1. The standard InChI is InChI=1S/C53H45N/c1-7-13-23-37(11-5)52(38-24-19-33-54-35-38)48-29-17-15-26-44(48)51-40(27-18-30-49(51)52)36-31-32-43-41(20-8-2)46(22-10-4)53(50(43)34-36)45(21-9-3)39(12-6)42-25-14-16-28-47(42)53/h7-35H,1,3H2,2,4-6H3/b20-8-,22-10-,23-13-,37-11+,39-12-,45-21+. The molecule has 0 aliphatic heterocycles. The Kier molecular flexibility index (Phi) is 8.96. The predicted molar refractivity (Wildman–Crippen MR) is 230 cm³/mol. The lowest BCUT2D eigenvalue weighted by atomic mass is 9.67. The van der Waals surface area contributed by atoms with Gasteiger partial charge in [-0.3, -0.25) is 4.98 Å². The predicted octanol–water partition coefficient (Wildman–Crippen LogP) is 13.5. The van der Waals surface area contributed by atoms with Gasteiger partial charge in [0.2, 0.25) is 0 Å². The number of hydrogen-bond donors (Lipinski definition) is 0. The zero-order chi connectivity index (χ0) is 37.5. The summed E-state index contributed by atoms with van der Waals surface area (Å²) in [7, 11) is 0. The first-order valence-electron chi connectivity index (χ1n) is 18.9. The summed E-state index contributed by atoms with van der Waals surface area (Å²) in [4.78, 5) is 4.67. The Bertz CT molecular complexity index is 2560. The van der Waals surface area contributed by atoms with E-state index in [9.17, 15) is 0 Å². The summed E-state index contributed by atoms with van der Waals surface area (Å²) in [6.45, 7) is 16.8. The number of fused-ring (bicyclic) bond motifs is 7. The molecule has 1 aromatic heterocycles. The first-order valence-corrected chi connectivity index (χ1v) is 18.9. The maximum atomic E-state index is 4.67. The minimum Gasteiger partial charge on any atom is -0.264 e. The minimum absolute atomic E-state index is 0.512. The second-order valence-electron chi connectivity index (χ2n) is 14.0. The summed E-state index contributed by atoms with van der Waals surface area (Å²) in [6.07, 6.45) is 27.7. The molecule has 262 valence electrons. The van der Waals surface area contributed by atoms with Gasteiger partial charge in [0.1, 0.15) is 0 Å². The van der Waals surface area contributed by atoms with Gasteiger partial charge in [0.25, 0.3) is 0 Å². The Labute approximate surface area is 320 Å². The Morgan fingerprint density at radius 1 is 0.667 bits per heavy atom. The molecule has 2 unspecified atom stereocenters. The van der Waals surface area contributed by atoms with Gasteiger partial charge in [-0.2, -0.15) is 0 Å². The van der Waals surface area contributed by atoms with Crippen LogP contribution in [0.25, 0.3) is 33.4 Å². The number of pyridine rings is 1. The highest BCUT2D eigenvalue weighted by Crippen LogP contribution is 2.64. The third-order valence-electron chi connectivity index (χ3n) is 11.6. The molecule has 3 aliphatic rings. The molecule has 0 radical (unpaired) electrons. The van der Waals surface area contributed by atoms with E-state index in [1.165, 1.54) is 83.5 Å². The van der Waals surface area contributed by atoms with Crippen LogP contribution < -0.4 is 0 Å². The SMILES string of the molecule is C=C/C=C\C(=C/C)C1(c2cccnc2)c2ccccc2-c2c(-c3ccc4c(c3)C3(C(/C=C\C)=C4/C=C\C)C(=C/C=C)/C(=C\C)c4ccccc43)cccc21. The number of allylic oxidation sites excluding steroid dienone is 16. The van der Waals surface area contributed by atoms with Crippen molar-refractivity contribution in [1.82, 2.24) is 4.98 Å². The van der Waals surface area contributed by atoms with Crippen LogP contribution in [0.1, 0.15) is 66.6 Å². The molecular formula is C53H45N. The molecule has 0 fully saturated rings. The van der Waals surface area contributed by atoms with Gasteiger partial charge >= 0.3 is 0 Å². The first-order chi connectivity index (χ1) is 26.6. The van der Waals surface area contributed by atoms with E-state index in [1.54, 1.807) is 0 Å². The number of aromatic nitrogens is 1. The van der Waals surface area contributed by atoms with Crippen molar-refractivity contribution in [2.24, 2.45) is 0 Å². The lowest BCUT2D eigenvalue weighted by Gasteiger charge is -2.34. The Balaban J connectivity index is 1.48. The highest BCUT2D eigenvalue weighted by Gasteiger charge is 2.53. The van der Waals surface area contributed by atoms with Crippen LogP contribution in [-0.2, 0) is 10.8 Å². The molecule has 0 saturated carbocycles. The van der Waals surface area contributed by atoms with Crippen molar-refractivity contribution in [3.63, 3.8) is 0 Å². The lowest BCUT2D eigenvalue weighted by Crippen LogP contribution is -2.29. The highest BCUT2D eigenvalue weighted by atomic mass is 14.6. The molecule has 1 heteroatoms. The summed E-state index contributed by atoms with van der Waals surface area (Å²) in [5.41, 5.74) is 18.9. The van der Waals surface area contributed by atoms with Crippen molar-refractivity contribution in [2.45, 2.75) is 38.5 Å². The summed E-state index contributed by atoms with van der Waals surface area (Å²) in [5.74, 6) is 0. The van der Waals surface area contributed by atoms with Crippen LogP contribution in [-0.4, -0.2) is 4.98 Å². The highest BCUT2D eigenvalue weighted by molar-refractivity contribution is 6.03. The average Bonchev–Trinajstić information content (AvgIpc) is 3.78. The summed E-state index contributed by atoms with van der Waals surface area (Å²) in [6, 6.07) is 36.2. The zero-order valence-electron chi connectivity index (χ0n) is 31.6. The average molecular weight is 696 g/mol. The molecule has 0 amide bonds.